The van der Waals surface area contributed by atoms with Crippen LogP contribution in [0, 0.1) is 11.3 Å². The highest BCUT2D eigenvalue weighted by Gasteiger charge is 2.45. The van der Waals surface area contributed by atoms with E-state index in [2.05, 4.69) is 0 Å². The maximum atomic E-state index is 12.7. The zero-order valence-electron chi connectivity index (χ0n) is 13.7. The number of carboxylic acid groups (broad SMARTS) is 2. The largest absolute Gasteiger partial charge is 0.481 e. The van der Waals surface area contributed by atoms with E-state index >= 15 is 0 Å². The minimum atomic E-state index is -4.52. The van der Waals surface area contributed by atoms with Crippen molar-refractivity contribution in [3.8, 4) is 0 Å². The van der Waals surface area contributed by atoms with E-state index in [1.165, 1.54) is 31.2 Å². The first-order valence-electron chi connectivity index (χ1n) is 7.71. The molecule has 2 atom stereocenters. The summed E-state index contributed by atoms with van der Waals surface area (Å²) in [5.41, 5.74) is -2.03. The molecule has 0 fully saturated rings. The lowest BCUT2D eigenvalue weighted by Gasteiger charge is -2.35. The number of rotatable bonds is 5. The summed E-state index contributed by atoms with van der Waals surface area (Å²) in [4.78, 5) is 23.2. The lowest BCUT2D eigenvalue weighted by atomic mass is 9.67. The summed E-state index contributed by atoms with van der Waals surface area (Å²) in [7, 11) is 0. The SMILES string of the molecule is CC1C(C(=O)O)=CC=CC1(CCc1ccc(C(F)(F)F)cc1Cl)C(=O)O. The van der Waals surface area contributed by atoms with Crippen LogP contribution < -0.4 is 0 Å². The summed E-state index contributed by atoms with van der Waals surface area (Å²) in [6.07, 6.45) is -0.289. The summed E-state index contributed by atoms with van der Waals surface area (Å²) in [6.45, 7) is 1.51. The highest BCUT2D eigenvalue weighted by molar-refractivity contribution is 6.31. The first-order valence-corrected chi connectivity index (χ1v) is 8.08. The summed E-state index contributed by atoms with van der Waals surface area (Å²) in [6, 6.07) is 2.90. The highest BCUT2D eigenvalue weighted by Crippen LogP contribution is 2.42. The summed E-state index contributed by atoms with van der Waals surface area (Å²) in [5, 5.41) is 18.8. The maximum absolute atomic E-state index is 12.7. The number of allylic oxidation sites excluding steroid dienone is 2. The van der Waals surface area contributed by atoms with E-state index in [0.717, 1.165) is 12.1 Å². The van der Waals surface area contributed by atoms with Crippen LogP contribution in [0.25, 0.3) is 0 Å². The van der Waals surface area contributed by atoms with Crippen molar-refractivity contribution in [3.05, 3.63) is 58.1 Å². The summed E-state index contributed by atoms with van der Waals surface area (Å²) in [5.74, 6) is -3.22. The molecule has 2 rings (SSSR count). The quantitative estimate of drug-likeness (QED) is 0.774. The Morgan fingerprint density at radius 1 is 1.27 bits per heavy atom. The normalized spacial score (nSPS) is 22.8. The van der Waals surface area contributed by atoms with Crippen LogP contribution in [0.4, 0.5) is 13.2 Å². The minimum Gasteiger partial charge on any atom is -0.481 e. The number of alkyl halides is 3. The smallest absolute Gasteiger partial charge is 0.416 e. The molecule has 0 saturated carbocycles. The van der Waals surface area contributed by atoms with E-state index in [9.17, 15) is 33.0 Å². The fourth-order valence-corrected chi connectivity index (χ4v) is 3.35. The summed E-state index contributed by atoms with van der Waals surface area (Å²) < 4.78 is 38.1. The molecule has 1 aliphatic rings. The zero-order chi connectivity index (χ0) is 19.7. The molecule has 0 spiro atoms. The zero-order valence-corrected chi connectivity index (χ0v) is 14.4. The number of aryl methyl sites for hydroxylation is 1. The van der Waals surface area contributed by atoms with Gasteiger partial charge >= 0.3 is 18.1 Å². The van der Waals surface area contributed by atoms with Crippen LogP contribution in [0.15, 0.2) is 42.0 Å². The molecule has 0 amide bonds. The topological polar surface area (TPSA) is 74.6 Å². The molecule has 0 bridgehead atoms. The predicted molar refractivity (Wildman–Crippen MR) is 88.9 cm³/mol. The van der Waals surface area contributed by atoms with Crippen LogP contribution >= 0.6 is 11.6 Å². The molecule has 0 saturated heterocycles. The van der Waals surface area contributed by atoms with Crippen molar-refractivity contribution in [1.82, 2.24) is 0 Å². The molecular formula is C18H16ClF3O4. The average molecular weight is 389 g/mol. The van der Waals surface area contributed by atoms with Crippen molar-refractivity contribution in [2.75, 3.05) is 0 Å². The van der Waals surface area contributed by atoms with E-state index < -0.39 is 35.0 Å². The van der Waals surface area contributed by atoms with E-state index in [4.69, 9.17) is 11.6 Å². The molecule has 1 aromatic carbocycles. The molecular weight excluding hydrogens is 373 g/mol. The lowest BCUT2D eigenvalue weighted by Crippen LogP contribution is -2.40. The monoisotopic (exact) mass is 388 g/mol. The van der Waals surface area contributed by atoms with Crippen LogP contribution in [0.5, 0.6) is 0 Å². The van der Waals surface area contributed by atoms with Crippen LogP contribution in [0.2, 0.25) is 5.02 Å². The molecule has 140 valence electrons. The number of aliphatic carboxylic acids is 2. The van der Waals surface area contributed by atoms with Gasteiger partial charge in [0.05, 0.1) is 11.0 Å². The molecule has 1 aromatic rings. The van der Waals surface area contributed by atoms with Gasteiger partial charge in [0.2, 0.25) is 0 Å². The molecule has 8 heteroatoms. The highest BCUT2D eigenvalue weighted by atomic mass is 35.5. The van der Waals surface area contributed by atoms with Crippen molar-refractivity contribution in [1.29, 1.82) is 0 Å². The number of hydrogen-bond donors (Lipinski definition) is 2. The Morgan fingerprint density at radius 2 is 1.92 bits per heavy atom. The van der Waals surface area contributed by atoms with Gasteiger partial charge in [0.1, 0.15) is 0 Å². The Morgan fingerprint density at radius 3 is 2.42 bits per heavy atom. The molecule has 1 aliphatic carbocycles. The van der Waals surface area contributed by atoms with E-state index in [1.807, 2.05) is 0 Å². The van der Waals surface area contributed by atoms with Crippen LogP contribution in [0.1, 0.15) is 24.5 Å². The van der Waals surface area contributed by atoms with Crippen molar-refractivity contribution in [2.24, 2.45) is 11.3 Å². The van der Waals surface area contributed by atoms with Crippen molar-refractivity contribution >= 4 is 23.5 Å². The molecule has 0 radical (unpaired) electrons. The van der Waals surface area contributed by atoms with Gasteiger partial charge in [-0.25, -0.2) is 4.79 Å². The fraction of sp³-hybridized carbons (Fsp3) is 0.333. The Balaban J connectivity index is 2.28. The molecule has 2 unspecified atom stereocenters. The molecule has 0 aromatic heterocycles. The second-order valence-corrected chi connectivity index (χ2v) is 6.56. The average Bonchev–Trinajstić information content (AvgIpc) is 2.53. The second kappa shape index (κ2) is 7.15. The Labute approximate surface area is 152 Å². The fourth-order valence-electron chi connectivity index (χ4n) is 3.08. The van der Waals surface area contributed by atoms with Gasteiger partial charge in [-0.1, -0.05) is 42.8 Å². The third-order valence-electron chi connectivity index (χ3n) is 4.74. The van der Waals surface area contributed by atoms with Gasteiger partial charge in [-0.05, 0) is 30.5 Å². The number of carbonyl (C=O) groups is 2. The molecule has 0 aliphatic heterocycles. The molecule has 0 heterocycles. The maximum Gasteiger partial charge on any atom is 0.416 e. The molecule has 26 heavy (non-hydrogen) atoms. The third-order valence-corrected chi connectivity index (χ3v) is 5.09. The third kappa shape index (κ3) is 3.77. The molecule has 2 N–H and O–H groups in total. The Bertz CT molecular complexity index is 798. The van der Waals surface area contributed by atoms with Crippen molar-refractivity contribution in [2.45, 2.75) is 25.9 Å². The van der Waals surface area contributed by atoms with Gasteiger partial charge in [0, 0.05) is 16.5 Å². The number of carboxylic acids is 2. The number of hydrogen-bond acceptors (Lipinski definition) is 2. The Hall–Kier alpha value is -2.28. The van der Waals surface area contributed by atoms with Gasteiger partial charge in [0.25, 0.3) is 0 Å². The molecule has 4 nitrogen and oxygen atoms in total. The minimum absolute atomic E-state index is 0.00426. The van der Waals surface area contributed by atoms with Crippen LogP contribution in [-0.4, -0.2) is 22.2 Å². The van der Waals surface area contributed by atoms with Crippen molar-refractivity contribution in [3.63, 3.8) is 0 Å². The van der Waals surface area contributed by atoms with Crippen LogP contribution in [0.3, 0.4) is 0 Å². The first kappa shape index (κ1) is 20.0. The van der Waals surface area contributed by atoms with E-state index in [-0.39, 0.29) is 23.4 Å². The second-order valence-electron chi connectivity index (χ2n) is 6.16. The van der Waals surface area contributed by atoms with Crippen LogP contribution in [-0.2, 0) is 22.2 Å². The number of halogens is 4. The van der Waals surface area contributed by atoms with Gasteiger partial charge < -0.3 is 10.2 Å². The summed E-state index contributed by atoms with van der Waals surface area (Å²) >= 11 is 5.92. The number of benzene rings is 1. The van der Waals surface area contributed by atoms with Gasteiger partial charge in [-0.3, -0.25) is 4.79 Å². The first-order chi connectivity index (χ1) is 12.0. The standard InChI is InChI=1S/C18H16ClF3O4/c1-10-13(15(23)24)3-2-7-17(10,16(25)26)8-6-11-4-5-12(9-14(11)19)18(20,21)22/h2-5,7,9-10H,6,8H2,1H3,(H,23,24)(H,25,26). The Kier molecular flexibility index (Phi) is 5.51. The predicted octanol–water partition coefficient (Wildman–Crippen LogP) is 4.58. The van der Waals surface area contributed by atoms with E-state index in [0.29, 0.717) is 5.56 Å². The van der Waals surface area contributed by atoms with Gasteiger partial charge in [-0.2, -0.15) is 13.2 Å². The van der Waals surface area contributed by atoms with Gasteiger partial charge in [0.15, 0.2) is 0 Å². The van der Waals surface area contributed by atoms with Gasteiger partial charge in [-0.15, -0.1) is 0 Å². The van der Waals surface area contributed by atoms with Crippen molar-refractivity contribution < 1.29 is 33.0 Å². The van der Waals surface area contributed by atoms with E-state index in [1.54, 1.807) is 0 Å². The lowest BCUT2D eigenvalue weighted by molar-refractivity contribution is -0.149.